The lowest BCUT2D eigenvalue weighted by Gasteiger charge is -2.16. The molecular weight excluding hydrogens is 354 g/mol. The van der Waals surface area contributed by atoms with E-state index >= 15 is 0 Å². The zero-order valence-corrected chi connectivity index (χ0v) is 15.2. The van der Waals surface area contributed by atoms with Crippen molar-refractivity contribution in [1.82, 2.24) is 0 Å². The molecule has 0 aliphatic carbocycles. The highest BCUT2D eigenvalue weighted by atomic mass is 35.5. The summed E-state index contributed by atoms with van der Waals surface area (Å²) >= 11 is 6.14. The van der Waals surface area contributed by atoms with Crippen LogP contribution in [-0.2, 0) is 4.74 Å². The maximum atomic E-state index is 12.9. The molecule has 0 spiro atoms. The third-order valence-electron chi connectivity index (χ3n) is 3.86. The number of hydrogen-bond donors (Lipinski definition) is 1. The second kappa shape index (κ2) is 8.08. The van der Waals surface area contributed by atoms with Gasteiger partial charge in [0.15, 0.2) is 6.79 Å². The molecule has 5 nitrogen and oxygen atoms in total. The minimum Gasteiger partial charge on any atom is -0.496 e. The van der Waals surface area contributed by atoms with Crippen LogP contribution < -0.4 is 14.8 Å². The molecule has 26 heavy (non-hydrogen) atoms. The van der Waals surface area contributed by atoms with E-state index in [1.165, 1.54) is 7.11 Å². The predicted octanol–water partition coefficient (Wildman–Crippen LogP) is 4.74. The van der Waals surface area contributed by atoms with Crippen molar-refractivity contribution in [3.63, 3.8) is 0 Å². The highest BCUT2D eigenvalue weighted by Gasteiger charge is 2.20. The number of fused-ring (bicyclic) bond motifs is 1. The molecule has 0 saturated carbocycles. The van der Waals surface area contributed by atoms with Crippen molar-refractivity contribution >= 4 is 34.0 Å². The number of amides is 1. The summed E-state index contributed by atoms with van der Waals surface area (Å²) in [5.41, 5.74) is 0.849. The van der Waals surface area contributed by atoms with Gasteiger partial charge in [-0.15, -0.1) is 0 Å². The number of carbonyl (C=O) groups excluding carboxylic acids is 1. The van der Waals surface area contributed by atoms with Crippen molar-refractivity contribution in [1.29, 1.82) is 0 Å². The normalized spacial score (nSPS) is 10.6. The van der Waals surface area contributed by atoms with Crippen molar-refractivity contribution in [2.45, 2.75) is 0 Å². The number of rotatable bonds is 6. The summed E-state index contributed by atoms with van der Waals surface area (Å²) in [6.07, 6.45) is 0. The summed E-state index contributed by atoms with van der Waals surface area (Å²) in [5, 5.41) is 4.86. The second-order valence-electron chi connectivity index (χ2n) is 5.49. The third kappa shape index (κ3) is 3.59. The molecule has 134 valence electrons. The van der Waals surface area contributed by atoms with Gasteiger partial charge in [-0.05, 0) is 18.2 Å². The van der Waals surface area contributed by atoms with Crippen molar-refractivity contribution < 1.29 is 19.0 Å². The molecule has 1 N–H and O–H groups in total. The molecular formula is C20H18ClNO4. The quantitative estimate of drug-likeness (QED) is 0.636. The maximum absolute atomic E-state index is 12.9. The van der Waals surface area contributed by atoms with E-state index in [4.69, 9.17) is 25.8 Å². The molecule has 0 radical (unpaired) electrons. The van der Waals surface area contributed by atoms with Gasteiger partial charge < -0.3 is 19.5 Å². The number of para-hydroxylation sites is 1. The van der Waals surface area contributed by atoms with E-state index in [-0.39, 0.29) is 12.7 Å². The number of hydrogen-bond acceptors (Lipinski definition) is 4. The maximum Gasteiger partial charge on any atom is 0.259 e. The summed E-state index contributed by atoms with van der Waals surface area (Å²) < 4.78 is 16.2. The monoisotopic (exact) mass is 371 g/mol. The molecule has 3 rings (SSSR count). The molecule has 1 amide bonds. The van der Waals surface area contributed by atoms with Gasteiger partial charge >= 0.3 is 0 Å². The fourth-order valence-electron chi connectivity index (χ4n) is 2.68. The number of nitrogens with one attached hydrogen (secondary N) is 1. The molecule has 0 atom stereocenters. The van der Waals surface area contributed by atoms with E-state index < -0.39 is 0 Å². The fraction of sp³-hybridized carbons (Fsp3) is 0.150. The van der Waals surface area contributed by atoms with Crippen LogP contribution in [0.15, 0.2) is 54.6 Å². The average Bonchev–Trinajstić information content (AvgIpc) is 2.67. The number of methoxy groups -OCH3 is 2. The summed E-state index contributed by atoms with van der Waals surface area (Å²) in [7, 11) is 3.09. The van der Waals surface area contributed by atoms with Crippen LogP contribution in [0.4, 0.5) is 5.69 Å². The number of halogens is 1. The van der Waals surface area contributed by atoms with E-state index in [2.05, 4.69) is 5.32 Å². The van der Waals surface area contributed by atoms with Crippen LogP contribution in [0.1, 0.15) is 10.4 Å². The second-order valence-corrected chi connectivity index (χ2v) is 5.89. The molecule has 3 aromatic rings. The van der Waals surface area contributed by atoms with Crippen molar-refractivity contribution in [2.75, 3.05) is 26.3 Å². The van der Waals surface area contributed by atoms with Crippen LogP contribution >= 0.6 is 11.6 Å². The Kier molecular flexibility index (Phi) is 5.61. The third-order valence-corrected chi connectivity index (χ3v) is 4.19. The number of anilines is 1. The first kappa shape index (κ1) is 18.0. The minimum absolute atomic E-state index is 0.0166. The molecule has 3 aromatic carbocycles. The van der Waals surface area contributed by atoms with Gasteiger partial charge in [-0.2, -0.15) is 0 Å². The topological polar surface area (TPSA) is 56.8 Å². The zero-order valence-electron chi connectivity index (χ0n) is 14.4. The lowest BCUT2D eigenvalue weighted by Crippen LogP contribution is -2.15. The molecule has 0 fully saturated rings. The van der Waals surface area contributed by atoms with Crippen LogP contribution in [0.25, 0.3) is 10.8 Å². The average molecular weight is 372 g/mol. The smallest absolute Gasteiger partial charge is 0.259 e. The molecule has 6 heteroatoms. The first-order chi connectivity index (χ1) is 12.7. The van der Waals surface area contributed by atoms with E-state index in [1.54, 1.807) is 37.4 Å². The highest BCUT2D eigenvalue weighted by molar-refractivity contribution is 6.34. The van der Waals surface area contributed by atoms with Crippen LogP contribution in [0, 0.1) is 0 Å². The van der Waals surface area contributed by atoms with Gasteiger partial charge in [0.25, 0.3) is 5.91 Å². The first-order valence-electron chi connectivity index (χ1n) is 7.93. The summed E-state index contributed by atoms with van der Waals surface area (Å²) in [6.45, 7) is 0.0166. The van der Waals surface area contributed by atoms with E-state index in [9.17, 15) is 4.79 Å². The van der Waals surface area contributed by atoms with E-state index in [1.807, 2.05) is 24.3 Å². The Morgan fingerprint density at radius 2 is 1.73 bits per heavy atom. The van der Waals surface area contributed by atoms with Crippen LogP contribution in [0.5, 0.6) is 11.5 Å². The van der Waals surface area contributed by atoms with E-state index in [0.717, 1.165) is 10.8 Å². The zero-order chi connectivity index (χ0) is 18.5. The minimum atomic E-state index is -0.353. The van der Waals surface area contributed by atoms with Crippen molar-refractivity contribution in [3.05, 3.63) is 65.2 Å². The number of ether oxygens (including phenoxy) is 3. The van der Waals surface area contributed by atoms with Gasteiger partial charge in [-0.1, -0.05) is 48.0 Å². The van der Waals surface area contributed by atoms with Gasteiger partial charge in [0, 0.05) is 17.9 Å². The van der Waals surface area contributed by atoms with Crippen LogP contribution in [-0.4, -0.2) is 26.9 Å². The Morgan fingerprint density at radius 1 is 1.04 bits per heavy atom. The van der Waals surface area contributed by atoms with Crippen LogP contribution in [0.3, 0.4) is 0 Å². The Labute approximate surface area is 156 Å². The number of carbonyl (C=O) groups is 1. The Balaban J connectivity index is 2.10. The molecule has 0 heterocycles. The van der Waals surface area contributed by atoms with Gasteiger partial charge in [0.2, 0.25) is 0 Å². The molecule has 0 bridgehead atoms. The highest BCUT2D eigenvalue weighted by Crippen LogP contribution is 2.37. The van der Waals surface area contributed by atoms with Gasteiger partial charge in [0.05, 0.1) is 23.4 Å². The predicted molar refractivity (Wildman–Crippen MR) is 102 cm³/mol. The first-order valence-corrected chi connectivity index (χ1v) is 8.31. The molecule has 0 unspecified atom stereocenters. The fourth-order valence-corrected chi connectivity index (χ4v) is 2.86. The van der Waals surface area contributed by atoms with E-state index in [0.29, 0.717) is 27.8 Å². The SMILES string of the molecule is COCOc1c(C(=O)Nc2ccccc2Cl)cc(OC)c2ccccc12. The Bertz CT molecular complexity index is 942. The molecule has 0 aliphatic heterocycles. The molecule has 0 saturated heterocycles. The Hall–Kier alpha value is -2.76. The number of benzene rings is 3. The molecule has 0 aliphatic rings. The van der Waals surface area contributed by atoms with Gasteiger partial charge in [0.1, 0.15) is 11.5 Å². The van der Waals surface area contributed by atoms with Crippen molar-refractivity contribution in [3.8, 4) is 11.5 Å². The Morgan fingerprint density at radius 3 is 2.42 bits per heavy atom. The van der Waals surface area contributed by atoms with Gasteiger partial charge in [-0.3, -0.25) is 4.79 Å². The molecule has 0 aromatic heterocycles. The standard InChI is InChI=1S/C20H18ClNO4/c1-24-12-26-19-14-8-4-3-7-13(14)18(25-2)11-15(19)20(23)22-17-10-6-5-9-16(17)21/h3-11H,12H2,1-2H3,(H,22,23). The van der Waals surface area contributed by atoms with Crippen LogP contribution in [0.2, 0.25) is 5.02 Å². The summed E-state index contributed by atoms with van der Waals surface area (Å²) in [5.74, 6) is 0.649. The largest absolute Gasteiger partial charge is 0.496 e. The van der Waals surface area contributed by atoms with Gasteiger partial charge in [-0.25, -0.2) is 0 Å². The lowest BCUT2D eigenvalue weighted by molar-refractivity contribution is 0.0514. The lowest BCUT2D eigenvalue weighted by atomic mass is 10.0. The summed E-state index contributed by atoms with van der Waals surface area (Å²) in [4.78, 5) is 12.9. The summed E-state index contributed by atoms with van der Waals surface area (Å²) in [6, 6.07) is 16.2. The van der Waals surface area contributed by atoms with Crippen molar-refractivity contribution in [2.24, 2.45) is 0 Å².